The van der Waals surface area contributed by atoms with Crippen molar-refractivity contribution >= 4 is 0 Å². The molecule has 12 aliphatic heterocycles. The summed E-state index contributed by atoms with van der Waals surface area (Å²) in [5.41, 5.74) is -16.6. The molecule has 18 atom stereocenters. The number of methoxy groups -OCH3 is 12. The van der Waals surface area contributed by atoms with E-state index in [2.05, 4.69) is 0 Å². The number of aliphatic hydroxyl groups excluding tert-OH is 1. The summed E-state index contributed by atoms with van der Waals surface area (Å²) in [7, 11) is 2.24. The summed E-state index contributed by atoms with van der Waals surface area (Å²) in [6.07, 6.45) is -66.8. The summed E-state index contributed by atoms with van der Waals surface area (Å²) in [5, 5.41) is 67.7. The van der Waals surface area contributed by atoms with Gasteiger partial charge in [-0.1, -0.05) is 110 Å². The zero-order valence-electron chi connectivity index (χ0n) is 165. The number of rotatable bonds is 20. The van der Waals surface area contributed by atoms with Crippen LogP contribution in [0.1, 0.15) is 405 Å². The molecule has 0 bridgehead atoms. The third kappa shape index (κ3) is 27.1. The molecule has 0 amide bonds. The van der Waals surface area contributed by atoms with Crippen LogP contribution in [0.4, 0.5) is 0 Å². The molecule has 6 aromatic carbocycles. The molecular formula is C118H182N6O18. The third-order valence-electron chi connectivity index (χ3n) is 23.7. The molecule has 6 fully saturated rings. The molecule has 6 aromatic rings. The van der Waals surface area contributed by atoms with Crippen LogP contribution in [-0.2, 0) is 38.3 Å². The van der Waals surface area contributed by atoms with Crippen LogP contribution in [0.5, 0.6) is 69.0 Å². The molecule has 24 heteroatoms. The molecule has 18 rings (SSSR count). The molecular weight excluding hydrogens is 1790 g/mol. The first-order valence-corrected chi connectivity index (χ1v) is 44.8. The lowest BCUT2D eigenvalue weighted by molar-refractivity contribution is -0.0259. The van der Waals surface area contributed by atoms with Crippen molar-refractivity contribution in [2.24, 2.45) is 68.9 Å². The Hall–Kier alpha value is -7.56. The number of ether oxygens (including phenoxy) is 12. The maximum atomic E-state index is 11.5. The molecule has 0 radical (unpaired) electrons. The molecule has 0 aliphatic carbocycles. The van der Waals surface area contributed by atoms with Crippen LogP contribution in [0.15, 0.2) is 72.8 Å². The van der Waals surface area contributed by atoms with E-state index in [1.54, 1.807) is 39.0 Å². The van der Waals surface area contributed by atoms with E-state index >= 15 is 0 Å². The molecule has 12 heterocycles. The fourth-order valence-electron chi connectivity index (χ4n) is 17.4. The van der Waals surface area contributed by atoms with Gasteiger partial charge in [0.2, 0.25) is 0 Å². The SMILES string of the molecule is [2H]C([2H])([2H])C(C)(C([2H])([2H])[2H])C([2H])([2H])C1([2H])CN2C(c3cc(OC)c(OC)cc3C([2H])([2H])C2([2H])[2H])C([2H])([2H])C1([2H])O.[2H]C([2H])([2H])C(C)(C([2H])([2H])[2H])C([2H])([2H])C1([2H])CN2C(c3cc(OC)c(OC)cc3C([2H])([2H])C2([2H])[2H])C([2H])([2H])C1([2H])O.[2H]C([2H])([2H])Oc1cc2c(cc1OC)C([2H])([2H])C([2H])([2H])N1CC([2H])(C([2H])([2H])C(C)(C([2H])([2H])[2H])C([2H])([2H])[2H])C([2H])(O)C([2H])([2H])C21.[2H]C([2H])([2H])Oc1cc2c(cc1OC)C([2H])([2H])C([2H])([2H])N1CC([2H])(C([2H])([2H])C(C)(C([2H])([2H])[2H])C([2H])([2H])[2H])C([2H])(O)C([2H])([2H])C21.[2H]C([2H])([2H])Oc1cc2c(cc1OC)C([2H])([2H])C([2H])([2H])N1CC([2H])(CC(C)C)C([2H])(O)C([2H])([2H])C21.[2H]C12CC(O)C(CC(C)C)C([2H])([2H])N1CCc1cc(OC)c(OC)cc12. The van der Waals surface area contributed by atoms with Crippen LogP contribution in [-0.4, -0.2) is 260 Å². The average molecular weight is 2060 g/mol. The van der Waals surface area contributed by atoms with E-state index in [4.69, 9.17) is 172 Å². The number of benzene rings is 6. The van der Waals surface area contributed by atoms with E-state index in [0.29, 0.717) is 73.9 Å². The molecule has 6 saturated heterocycles. The summed E-state index contributed by atoms with van der Waals surface area (Å²) < 4.78 is 764. The van der Waals surface area contributed by atoms with Crippen molar-refractivity contribution in [3.8, 4) is 69.0 Å². The second kappa shape index (κ2) is 48.2. The lowest BCUT2D eigenvalue weighted by atomic mass is 9.75. The minimum absolute atomic E-state index is 0.0378. The lowest BCUT2D eigenvalue weighted by Gasteiger charge is -2.47. The Labute approximate surface area is 970 Å². The summed E-state index contributed by atoms with van der Waals surface area (Å²) in [5.74, 6) is -19.2. The first-order chi connectivity index (χ1) is 99.9. The second-order valence-electron chi connectivity index (χ2n) is 35.9. The Morgan fingerprint density at radius 2 is 0.556 bits per heavy atom. The number of aryl methyl sites for hydroxylation is 5. The van der Waals surface area contributed by atoms with Crippen LogP contribution in [0, 0.1) is 68.9 Å². The standard InChI is InChI=1S/4C20H31NO3.2C19H29NO3/c4*1-20(2,3)11-14-12-21-7-6-13-8-18(23-4)19(24-5)9-15(13)16(21)10-17(14)22;2*1-12(2)7-14-11-20-6-5-13-8-18(22-3)19(23-4)9-15(13)16(20)10-17(14)21/h4*8-9,14,16-17,22H,6-7,10-12H2,1-5H3;2*8-9,12,14,16-17,21H,5-7,10-11H2,1-4H3/i2*1D3,2D3,5D3,6D2,7D2,10D2,11D2,14D,17D;2*1D3,2D3,6D2,7D2,10D2,11D2,14D,17D;4D3,5D2,6D2,10D2,14D,17D;11D2,16D. The van der Waals surface area contributed by atoms with Crippen molar-refractivity contribution in [3.63, 3.8) is 0 Å². The summed E-state index contributed by atoms with van der Waals surface area (Å²) in [4.78, 5) is 3.86. The molecule has 142 heavy (non-hydrogen) atoms. The quantitative estimate of drug-likeness (QED) is 0.0415. The minimum atomic E-state index is -4.04. The molecule has 0 saturated carbocycles. The highest BCUT2D eigenvalue weighted by Gasteiger charge is 2.48. The van der Waals surface area contributed by atoms with Gasteiger partial charge in [0.05, 0.1) is 142 Å². The summed E-state index contributed by atoms with van der Waals surface area (Å²) in [6, 6.07) is 1.87. The number of fused-ring (bicyclic) bond motifs is 18. The van der Waals surface area contributed by atoms with Gasteiger partial charge in [-0.15, -0.1) is 0 Å². The smallest absolute Gasteiger partial charge is 0.161 e. The van der Waals surface area contributed by atoms with Crippen molar-refractivity contribution in [2.75, 3.05) is 163 Å². The van der Waals surface area contributed by atoms with Crippen molar-refractivity contribution in [2.45, 2.75) is 298 Å². The van der Waals surface area contributed by atoms with Crippen LogP contribution in [0.25, 0.3) is 0 Å². The van der Waals surface area contributed by atoms with Gasteiger partial charge < -0.3 is 87.5 Å². The molecule has 0 spiro atoms. The van der Waals surface area contributed by atoms with Gasteiger partial charge in [0, 0.05) is 209 Å². The maximum absolute atomic E-state index is 11.5. The Morgan fingerprint density at radius 3 is 0.803 bits per heavy atom. The molecule has 6 N–H and O–H groups in total. The van der Waals surface area contributed by atoms with Gasteiger partial charge in [-0.05, 0) is 323 Å². The highest BCUT2D eigenvalue weighted by atomic mass is 16.5. The van der Waals surface area contributed by atoms with E-state index in [0.717, 1.165) is 85.3 Å². The highest BCUT2D eigenvalue weighted by molar-refractivity contribution is 5.55. The molecule has 792 valence electrons. The lowest BCUT2D eigenvalue weighted by Crippen LogP contribution is -2.48. The second-order valence-corrected chi connectivity index (χ2v) is 35.9. The van der Waals surface area contributed by atoms with E-state index in [1.807, 2.05) is 19.9 Å². The van der Waals surface area contributed by atoms with Crippen molar-refractivity contribution in [3.05, 3.63) is 140 Å². The van der Waals surface area contributed by atoms with Crippen LogP contribution in [0.2, 0.25) is 0 Å². The average Bonchev–Trinajstić information content (AvgIpc) is 0.358. The zero-order chi connectivity index (χ0) is 177. The number of aliphatic hydroxyl groups is 6. The fourth-order valence-corrected chi connectivity index (χ4v) is 17.4. The first kappa shape index (κ1) is 45.1. The number of hydrogen-bond acceptors (Lipinski definition) is 24. The summed E-state index contributed by atoms with van der Waals surface area (Å²) >= 11 is 0. The topological polar surface area (TPSA) is 252 Å². The number of piperidine rings is 6. The van der Waals surface area contributed by atoms with Gasteiger partial charge in [0.15, 0.2) is 69.0 Å². The van der Waals surface area contributed by atoms with Gasteiger partial charge >= 0.3 is 0 Å². The van der Waals surface area contributed by atoms with Gasteiger partial charge in [-0.25, -0.2) is 0 Å². The minimum Gasteiger partial charge on any atom is -0.493 e. The third-order valence-corrected chi connectivity index (χ3v) is 23.7. The van der Waals surface area contributed by atoms with Crippen LogP contribution in [0.3, 0.4) is 0 Å². The Kier molecular flexibility index (Phi) is 15.3. The molecule has 24 nitrogen and oxygen atoms in total. The van der Waals surface area contributed by atoms with E-state index in [9.17, 15) is 30.6 Å². The first-order valence-electron chi connectivity index (χ1n) is 86.8. The predicted molar refractivity (Wildman–Crippen MR) is 565 cm³/mol. The molecule has 12 aliphatic rings. The zero-order valence-corrected chi connectivity index (χ0v) is 81.5. The van der Waals surface area contributed by atoms with E-state index < -0.39 is 423 Å². The predicted octanol–water partition coefficient (Wildman–Crippen LogP) is 19.7. The van der Waals surface area contributed by atoms with Crippen LogP contribution < -0.4 is 56.8 Å². The van der Waals surface area contributed by atoms with Gasteiger partial charge in [0.25, 0.3) is 0 Å². The van der Waals surface area contributed by atoms with E-state index in [-0.39, 0.29) is 91.2 Å². The Balaban J connectivity index is 0.000000216. The van der Waals surface area contributed by atoms with Crippen LogP contribution >= 0.6 is 0 Å². The highest BCUT2D eigenvalue weighted by Crippen LogP contribution is 2.53. The fraction of sp³-hybridized carbons (Fsp3) is 0.695. The molecule has 0 aromatic heterocycles. The van der Waals surface area contributed by atoms with E-state index in [1.165, 1.54) is 35.5 Å². The van der Waals surface area contributed by atoms with Crippen molar-refractivity contribution in [1.29, 1.82) is 0 Å². The number of hydrogen-bond donors (Lipinski definition) is 6. The Morgan fingerprint density at radius 1 is 0.324 bits per heavy atom. The van der Waals surface area contributed by atoms with Crippen molar-refractivity contribution < 1.29 is 203 Å². The molecule has 18 unspecified atom stereocenters. The number of nitrogens with zero attached hydrogens (tertiary/aromatic N) is 6. The normalized spacial score (nSPS) is 48.9. The van der Waals surface area contributed by atoms with Gasteiger partial charge in [0.1, 0.15) is 0 Å². The monoisotopic (exact) mass is 2060 g/mol. The largest absolute Gasteiger partial charge is 0.493 e. The van der Waals surface area contributed by atoms with Crippen molar-refractivity contribution in [1.82, 2.24) is 29.4 Å². The summed E-state index contributed by atoms with van der Waals surface area (Å²) in [6.45, 7) is -44.5. The Bertz CT molecular complexity index is 8730. The maximum Gasteiger partial charge on any atom is 0.161 e. The van der Waals surface area contributed by atoms with Gasteiger partial charge in [-0.3, -0.25) is 29.4 Å². The van der Waals surface area contributed by atoms with Gasteiger partial charge in [-0.2, -0.15) is 0 Å².